The number of imidazole rings is 1. The minimum atomic E-state index is -0.591. The van der Waals surface area contributed by atoms with Gasteiger partial charge in [0.25, 0.3) is 5.56 Å². The third-order valence-corrected chi connectivity index (χ3v) is 5.46. The van der Waals surface area contributed by atoms with Gasteiger partial charge in [-0.15, -0.1) is 0 Å². The van der Waals surface area contributed by atoms with Crippen molar-refractivity contribution in [3.05, 3.63) is 64.7 Å². The van der Waals surface area contributed by atoms with Crippen LogP contribution < -0.4 is 10.9 Å². The molecule has 1 aromatic carbocycles. The molecular formula is C27H33N5O4. The number of hydrogen-bond acceptors (Lipinski definition) is 6. The van der Waals surface area contributed by atoms with E-state index in [1.54, 1.807) is 23.8 Å². The van der Waals surface area contributed by atoms with E-state index >= 15 is 0 Å². The summed E-state index contributed by atoms with van der Waals surface area (Å²) in [5, 5.41) is 2.61. The van der Waals surface area contributed by atoms with Crippen molar-refractivity contribution < 1.29 is 14.3 Å². The van der Waals surface area contributed by atoms with Crippen LogP contribution in [0.15, 0.2) is 53.5 Å². The summed E-state index contributed by atoms with van der Waals surface area (Å²) in [6, 6.07) is 13.1. The van der Waals surface area contributed by atoms with E-state index in [1.807, 2.05) is 57.2 Å². The topological polar surface area (TPSA) is 111 Å². The minimum absolute atomic E-state index is 0. The first kappa shape index (κ1) is 26.6. The Bertz CT molecular complexity index is 1390. The smallest absolute Gasteiger partial charge is 0.413 e. The van der Waals surface area contributed by atoms with Gasteiger partial charge in [0.2, 0.25) is 5.95 Å². The molecular weight excluding hydrogens is 458 g/mol. The predicted molar refractivity (Wildman–Crippen MR) is 142 cm³/mol. The van der Waals surface area contributed by atoms with Gasteiger partial charge in [-0.05, 0) is 69.2 Å². The van der Waals surface area contributed by atoms with E-state index in [2.05, 4.69) is 20.3 Å². The molecule has 0 radical (unpaired) electrons. The van der Waals surface area contributed by atoms with E-state index in [-0.39, 0.29) is 31.6 Å². The normalized spacial score (nSPS) is 10.9. The Hall–Kier alpha value is -3.98. The van der Waals surface area contributed by atoms with E-state index in [0.717, 1.165) is 28.1 Å². The van der Waals surface area contributed by atoms with E-state index in [1.165, 1.54) is 0 Å². The number of benzene rings is 1. The molecule has 0 aliphatic rings. The van der Waals surface area contributed by atoms with Gasteiger partial charge in [-0.3, -0.25) is 15.1 Å². The average Bonchev–Trinajstić information content (AvgIpc) is 3.22. The fourth-order valence-electron chi connectivity index (χ4n) is 3.89. The van der Waals surface area contributed by atoms with Gasteiger partial charge < -0.3 is 19.0 Å². The van der Waals surface area contributed by atoms with Crippen LogP contribution in [0.2, 0.25) is 0 Å². The Balaban J connectivity index is 0.00000361. The number of carbonyl (C=O) groups is 1. The molecule has 2 N–H and O–H groups in total. The molecule has 0 fully saturated rings. The fourth-order valence-corrected chi connectivity index (χ4v) is 3.89. The van der Waals surface area contributed by atoms with Crippen molar-refractivity contribution in [1.29, 1.82) is 0 Å². The van der Waals surface area contributed by atoms with Crippen LogP contribution in [0.4, 0.5) is 10.7 Å². The quantitative estimate of drug-likeness (QED) is 0.342. The van der Waals surface area contributed by atoms with Crippen LogP contribution in [-0.4, -0.2) is 44.9 Å². The predicted octanol–water partition coefficient (Wildman–Crippen LogP) is 5.39. The maximum atomic E-state index is 12.9. The van der Waals surface area contributed by atoms with E-state index in [9.17, 15) is 9.59 Å². The Morgan fingerprint density at radius 2 is 1.94 bits per heavy atom. The molecule has 0 unspecified atom stereocenters. The number of hydrogen-bond donors (Lipinski definition) is 2. The molecule has 0 aliphatic heterocycles. The van der Waals surface area contributed by atoms with Gasteiger partial charge in [0.1, 0.15) is 0 Å². The summed E-state index contributed by atoms with van der Waals surface area (Å²) in [5.74, 6) is 0.268. The van der Waals surface area contributed by atoms with Crippen molar-refractivity contribution in [2.24, 2.45) is 0 Å². The largest absolute Gasteiger partial charge is 0.450 e. The number of aryl methyl sites for hydroxylation is 1. The zero-order valence-corrected chi connectivity index (χ0v) is 20.3. The van der Waals surface area contributed by atoms with Gasteiger partial charge in [0.15, 0.2) is 0 Å². The van der Waals surface area contributed by atoms with Crippen molar-refractivity contribution >= 4 is 23.1 Å². The van der Waals surface area contributed by atoms with Crippen LogP contribution in [0.25, 0.3) is 33.4 Å². The number of rotatable bonds is 8. The third kappa shape index (κ3) is 5.98. The second-order valence-corrected chi connectivity index (χ2v) is 8.36. The number of nitrogens with zero attached hydrogens (tertiary/aromatic N) is 3. The van der Waals surface area contributed by atoms with E-state index < -0.39 is 6.09 Å². The lowest BCUT2D eigenvalue weighted by Crippen LogP contribution is -2.24. The first-order chi connectivity index (χ1) is 16.9. The van der Waals surface area contributed by atoms with Gasteiger partial charge in [0.05, 0.1) is 36.0 Å². The van der Waals surface area contributed by atoms with Crippen LogP contribution in [0.3, 0.4) is 0 Å². The second kappa shape index (κ2) is 11.6. The first-order valence-electron chi connectivity index (χ1n) is 11.6. The van der Waals surface area contributed by atoms with Crippen LogP contribution >= 0.6 is 0 Å². The molecule has 0 saturated carbocycles. The minimum Gasteiger partial charge on any atom is -0.450 e. The summed E-state index contributed by atoms with van der Waals surface area (Å²) in [6.45, 7) is 8.80. The van der Waals surface area contributed by atoms with Crippen LogP contribution in [0, 0.1) is 6.92 Å². The molecule has 4 rings (SSSR count). The van der Waals surface area contributed by atoms with Gasteiger partial charge in [-0.2, -0.15) is 0 Å². The molecule has 190 valence electrons. The highest BCUT2D eigenvalue weighted by Crippen LogP contribution is 2.33. The maximum Gasteiger partial charge on any atom is 0.413 e. The van der Waals surface area contributed by atoms with E-state index in [4.69, 9.17) is 9.47 Å². The number of anilines is 1. The SMILES string of the molecule is C.CCOC(=O)Nc1nc2c(-c3ccccn3)cc(-c3cc(C)n(CCOC(C)C)c(=O)c3)cc2[nH]1. The number of nitrogens with one attached hydrogen (secondary N) is 2. The van der Waals surface area contributed by atoms with Crippen molar-refractivity contribution in [3.8, 4) is 22.4 Å². The summed E-state index contributed by atoms with van der Waals surface area (Å²) >= 11 is 0. The number of ether oxygens (including phenoxy) is 2. The van der Waals surface area contributed by atoms with Crippen molar-refractivity contribution in [1.82, 2.24) is 19.5 Å². The number of aromatic amines is 1. The molecule has 9 nitrogen and oxygen atoms in total. The number of amides is 1. The molecule has 0 aliphatic carbocycles. The Labute approximate surface area is 210 Å². The summed E-state index contributed by atoms with van der Waals surface area (Å²) in [6.07, 6.45) is 1.23. The molecule has 0 spiro atoms. The summed E-state index contributed by atoms with van der Waals surface area (Å²) in [4.78, 5) is 37.0. The zero-order chi connectivity index (χ0) is 24.9. The van der Waals surface area contributed by atoms with Gasteiger partial charge in [0, 0.05) is 30.1 Å². The lowest BCUT2D eigenvalue weighted by molar-refractivity contribution is 0.0719. The van der Waals surface area contributed by atoms with Crippen LogP contribution in [0.1, 0.15) is 33.9 Å². The van der Waals surface area contributed by atoms with Crippen molar-refractivity contribution in [2.75, 3.05) is 18.5 Å². The molecule has 4 aromatic rings. The van der Waals surface area contributed by atoms with Gasteiger partial charge in [-0.25, -0.2) is 9.78 Å². The van der Waals surface area contributed by atoms with Gasteiger partial charge >= 0.3 is 6.09 Å². The number of fused-ring (bicyclic) bond motifs is 1. The van der Waals surface area contributed by atoms with Crippen LogP contribution in [-0.2, 0) is 16.0 Å². The number of H-pyrrole nitrogens is 1. The highest BCUT2D eigenvalue weighted by atomic mass is 16.5. The van der Waals surface area contributed by atoms with E-state index in [0.29, 0.717) is 24.2 Å². The standard InChI is InChI=1S/C26H29N5O4.CH4/c1-5-34-26(33)30-25-28-22-14-19(13-20(24(22)29-25)21-8-6-7-9-27-21)18-12-17(4)31(23(32)15-18)10-11-35-16(2)3;/h6-9,12-16H,5,10-11H2,1-4H3,(H2,28,29,30,33);1H4. The summed E-state index contributed by atoms with van der Waals surface area (Å²) in [7, 11) is 0. The number of aromatic nitrogens is 4. The Morgan fingerprint density at radius 1 is 1.17 bits per heavy atom. The molecule has 3 aromatic heterocycles. The average molecular weight is 492 g/mol. The highest BCUT2D eigenvalue weighted by molar-refractivity contribution is 5.97. The second-order valence-electron chi connectivity index (χ2n) is 8.36. The fraction of sp³-hybridized carbons (Fsp3) is 0.333. The maximum absolute atomic E-state index is 12.9. The van der Waals surface area contributed by atoms with Gasteiger partial charge in [-0.1, -0.05) is 13.5 Å². The first-order valence-corrected chi connectivity index (χ1v) is 11.6. The number of carbonyl (C=O) groups excluding carboxylic acids is 1. The Morgan fingerprint density at radius 3 is 2.61 bits per heavy atom. The molecule has 9 heteroatoms. The molecule has 0 atom stereocenters. The molecule has 0 saturated heterocycles. The molecule has 1 amide bonds. The lowest BCUT2D eigenvalue weighted by Gasteiger charge is -2.14. The van der Waals surface area contributed by atoms with Crippen molar-refractivity contribution in [2.45, 2.75) is 47.8 Å². The molecule has 0 bridgehead atoms. The summed E-state index contributed by atoms with van der Waals surface area (Å²) in [5.41, 5.74) is 5.20. The number of pyridine rings is 2. The monoisotopic (exact) mass is 491 g/mol. The molecule has 36 heavy (non-hydrogen) atoms. The highest BCUT2D eigenvalue weighted by Gasteiger charge is 2.16. The third-order valence-electron chi connectivity index (χ3n) is 5.46. The van der Waals surface area contributed by atoms with Crippen molar-refractivity contribution in [3.63, 3.8) is 0 Å². The zero-order valence-electron chi connectivity index (χ0n) is 20.3. The Kier molecular flexibility index (Phi) is 8.60. The van der Waals surface area contributed by atoms with Crippen LogP contribution in [0.5, 0.6) is 0 Å². The summed E-state index contributed by atoms with van der Waals surface area (Å²) < 4.78 is 12.3. The lowest BCUT2D eigenvalue weighted by atomic mass is 10.00. The molecule has 3 heterocycles.